The van der Waals surface area contributed by atoms with E-state index in [2.05, 4.69) is 10.4 Å². The Morgan fingerprint density at radius 3 is 2.77 bits per heavy atom. The Hall–Kier alpha value is -2.32. The molecule has 2 aromatic rings. The Balaban J connectivity index is 1.84. The number of aryl methyl sites for hydroxylation is 1. The molecule has 1 aromatic carbocycles. The van der Waals surface area contributed by atoms with Crippen LogP contribution in [0.2, 0.25) is 5.02 Å². The van der Waals surface area contributed by atoms with Gasteiger partial charge in [0.15, 0.2) is 0 Å². The van der Waals surface area contributed by atoms with Crippen LogP contribution in [0.15, 0.2) is 30.6 Å². The predicted molar refractivity (Wildman–Crippen MR) is 83.6 cm³/mol. The first-order chi connectivity index (χ1) is 10.5. The lowest BCUT2D eigenvalue weighted by molar-refractivity contribution is -0.129. The highest BCUT2D eigenvalue weighted by molar-refractivity contribution is 6.32. The summed E-state index contributed by atoms with van der Waals surface area (Å²) >= 11 is 6.00. The third-order valence-corrected chi connectivity index (χ3v) is 4.41. The van der Waals surface area contributed by atoms with Gasteiger partial charge in [0, 0.05) is 11.9 Å². The van der Waals surface area contributed by atoms with E-state index in [1.165, 1.54) is 0 Å². The van der Waals surface area contributed by atoms with Crippen LogP contribution in [0.25, 0.3) is 0 Å². The van der Waals surface area contributed by atoms with Gasteiger partial charge < -0.3 is 5.32 Å². The van der Waals surface area contributed by atoms with Gasteiger partial charge in [0.05, 0.1) is 16.8 Å². The molecular weight excluding hydrogens is 300 g/mol. The van der Waals surface area contributed by atoms with Crippen LogP contribution in [0.3, 0.4) is 0 Å². The zero-order chi connectivity index (χ0) is 15.7. The van der Waals surface area contributed by atoms with Crippen molar-refractivity contribution in [3.8, 4) is 6.07 Å². The van der Waals surface area contributed by atoms with Crippen molar-refractivity contribution in [3.05, 3.63) is 46.7 Å². The van der Waals surface area contributed by atoms with Gasteiger partial charge in [0.25, 0.3) is 5.91 Å². The Morgan fingerprint density at radius 2 is 2.27 bits per heavy atom. The molecule has 0 saturated heterocycles. The first-order valence-corrected chi connectivity index (χ1v) is 7.46. The molecule has 1 saturated carbocycles. The van der Waals surface area contributed by atoms with Crippen LogP contribution in [0, 0.1) is 18.3 Å². The molecule has 1 aromatic heterocycles. The van der Waals surface area contributed by atoms with E-state index in [1.807, 2.05) is 19.2 Å². The summed E-state index contributed by atoms with van der Waals surface area (Å²) < 4.78 is 1.76. The highest BCUT2D eigenvalue weighted by Crippen LogP contribution is 2.40. The molecule has 1 aliphatic carbocycles. The fourth-order valence-corrected chi connectivity index (χ4v) is 2.87. The molecule has 1 heterocycles. The van der Waals surface area contributed by atoms with Crippen LogP contribution in [-0.2, 0) is 10.3 Å². The van der Waals surface area contributed by atoms with Gasteiger partial charge in [-0.25, -0.2) is 0 Å². The van der Waals surface area contributed by atoms with E-state index in [9.17, 15) is 4.79 Å². The summed E-state index contributed by atoms with van der Waals surface area (Å²) in [7, 11) is 0. The number of nitrogens with one attached hydrogen (secondary N) is 1. The summed E-state index contributed by atoms with van der Waals surface area (Å²) in [4.78, 5) is 12.7. The highest BCUT2D eigenvalue weighted by atomic mass is 35.5. The third kappa shape index (κ3) is 2.36. The van der Waals surface area contributed by atoms with Crippen molar-refractivity contribution in [2.24, 2.45) is 0 Å². The number of benzene rings is 1. The van der Waals surface area contributed by atoms with Gasteiger partial charge in [-0.05, 0) is 49.9 Å². The van der Waals surface area contributed by atoms with Crippen molar-refractivity contribution < 1.29 is 4.79 Å². The van der Waals surface area contributed by atoms with E-state index in [-0.39, 0.29) is 5.91 Å². The molecule has 1 aliphatic rings. The topological polar surface area (TPSA) is 70.7 Å². The Morgan fingerprint density at radius 1 is 1.50 bits per heavy atom. The number of amides is 1. The zero-order valence-corrected chi connectivity index (χ0v) is 12.9. The van der Waals surface area contributed by atoms with Crippen LogP contribution in [-0.4, -0.2) is 15.7 Å². The summed E-state index contributed by atoms with van der Waals surface area (Å²) in [5.74, 6) is -0.0948. The molecule has 1 N–H and O–H groups in total. The van der Waals surface area contributed by atoms with Crippen molar-refractivity contribution in [2.45, 2.75) is 31.7 Å². The van der Waals surface area contributed by atoms with Crippen molar-refractivity contribution in [3.63, 3.8) is 0 Å². The van der Waals surface area contributed by atoms with Gasteiger partial charge in [0.1, 0.15) is 11.6 Å². The normalized spacial score (nSPS) is 15.7. The maximum Gasteiger partial charge on any atom is 0.252 e. The van der Waals surface area contributed by atoms with E-state index >= 15 is 0 Å². The standard InChI is InChI=1S/C16H15ClN4O/c1-11-9-19-21(10-11)16(5-2-6-16)15(22)20-13-4-3-12(8-18)14(17)7-13/h3-4,7,9-10H,2,5-6H2,1H3,(H,20,22). The number of carbonyl (C=O) groups is 1. The number of hydrogen-bond donors (Lipinski definition) is 1. The Bertz CT molecular complexity index is 771. The Kier molecular flexibility index (Phi) is 3.63. The lowest BCUT2D eigenvalue weighted by Crippen LogP contribution is -2.51. The van der Waals surface area contributed by atoms with Gasteiger partial charge >= 0.3 is 0 Å². The summed E-state index contributed by atoms with van der Waals surface area (Å²) in [6, 6.07) is 6.88. The lowest BCUT2D eigenvalue weighted by atomic mass is 9.76. The Labute approximate surface area is 133 Å². The molecule has 0 radical (unpaired) electrons. The van der Waals surface area contributed by atoms with Gasteiger partial charge in [-0.3, -0.25) is 9.48 Å². The van der Waals surface area contributed by atoms with E-state index in [4.69, 9.17) is 16.9 Å². The van der Waals surface area contributed by atoms with E-state index in [0.29, 0.717) is 16.3 Å². The molecule has 5 nitrogen and oxygen atoms in total. The molecule has 1 fully saturated rings. The zero-order valence-electron chi connectivity index (χ0n) is 12.1. The number of halogens is 1. The minimum absolute atomic E-state index is 0.0948. The number of nitrogens with zero attached hydrogens (tertiary/aromatic N) is 3. The minimum atomic E-state index is -0.616. The van der Waals surface area contributed by atoms with Crippen molar-refractivity contribution in [1.82, 2.24) is 9.78 Å². The number of carbonyl (C=O) groups excluding carboxylic acids is 1. The second-order valence-corrected chi connectivity index (χ2v) is 6.02. The van der Waals surface area contributed by atoms with Gasteiger partial charge in [0.2, 0.25) is 0 Å². The molecule has 6 heteroatoms. The number of anilines is 1. The number of aromatic nitrogens is 2. The third-order valence-electron chi connectivity index (χ3n) is 4.10. The summed E-state index contributed by atoms with van der Waals surface area (Å²) in [6.07, 6.45) is 6.19. The monoisotopic (exact) mass is 314 g/mol. The van der Waals surface area contributed by atoms with Crippen LogP contribution >= 0.6 is 11.6 Å². The van der Waals surface area contributed by atoms with Crippen molar-refractivity contribution in [2.75, 3.05) is 5.32 Å². The molecule has 0 aliphatic heterocycles. The van der Waals surface area contributed by atoms with E-state index in [0.717, 1.165) is 24.8 Å². The van der Waals surface area contributed by atoms with Crippen LogP contribution in [0.5, 0.6) is 0 Å². The quantitative estimate of drug-likeness (QED) is 0.945. The minimum Gasteiger partial charge on any atom is -0.324 e. The van der Waals surface area contributed by atoms with Gasteiger partial charge in [-0.2, -0.15) is 10.4 Å². The van der Waals surface area contributed by atoms with Crippen LogP contribution in [0.4, 0.5) is 5.69 Å². The maximum atomic E-state index is 12.7. The van der Waals surface area contributed by atoms with Crippen molar-refractivity contribution in [1.29, 1.82) is 5.26 Å². The lowest BCUT2D eigenvalue weighted by Gasteiger charge is -2.40. The number of nitriles is 1. The summed E-state index contributed by atoms with van der Waals surface area (Å²) in [6.45, 7) is 1.95. The number of rotatable bonds is 3. The second kappa shape index (κ2) is 5.47. The molecule has 0 bridgehead atoms. The molecule has 1 amide bonds. The van der Waals surface area contributed by atoms with E-state index < -0.39 is 5.54 Å². The molecule has 22 heavy (non-hydrogen) atoms. The first kappa shape index (κ1) is 14.6. The smallest absolute Gasteiger partial charge is 0.252 e. The molecule has 3 rings (SSSR count). The number of hydrogen-bond acceptors (Lipinski definition) is 3. The average molecular weight is 315 g/mol. The SMILES string of the molecule is Cc1cnn(C2(C(=O)Nc3ccc(C#N)c(Cl)c3)CCC2)c1. The fraction of sp³-hybridized carbons (Fsp3) is 0.312. The predicted octanol–water partition coefficient (Wildman–Crippen LogP) is 3.23. The highest BCUT2D eigenvalue weighted by Gasteiger charge is 2.46. The molecule has 112 valence electrons. The van der Waals surface area contributed by atoms with Gasteiger partial charge in [-0.1, -0.05) is 11.6 Å². The second-order valence-electron chi connectivity index (χ2n) is 5.61. The molecule has 0 unspecified atom stereocenters. The van der Waals surface area contributed by atoms with Gasteiger partial charge in [-0.15, -0.1) is 0 Å². The van der Waals surface area contributed by atoms with Crippen LogP contribution < -0.4 is 5.32 Å². The average Bonchev–Trinajstić information content (AvgIpc) is 2.84. The maximum absolute atomic E-state index is 12.7. The molecular formula is C16H15ClN4O. The largest absolute Gasteiger partial charge is 0.324 e. The molecule has 0 spiro atoms. The van der Waals surface area contributed by atoms with E-state index in [1.54, 1.807) is 29.1 Å². The summed E-state index contributed by atoms with van der Waals surface area (Å²) in [5, 5.41) is 16.4. The first-order valence-electron chi connectivity index (χ1n) is 7.08. The molecule has 0 atom stereocenters. The van der Waals surface area contributed by atoms with Crippen LogP contribution in [0.1, 0.15) is 30.4 Å². The fourth-order valence-electron chi connectivity index (χ4n) is 2.65. The summed E-state index contributed by atoms with van der Waals surface area (Å²) in [5.41, 5.74) is 1.39. The van der Waals surface area contributed by atoms with Crippen molar-refractivity contribution >= 4 is 23.2 Å².